The predicted molar refractivity (Wildman–Crippen MR) is 60.2 cm³/mol. The molecule has 0 saturated heterocycles. The molecule has 2 N–H and O–H groups in total. The predicted octanol–water partition coefficient (Wildman–Crippen LogP) is 2.01. The summed E-state index contributed by atoms with van der Waals surface area (Å²) in [6.07, 6.45) is 1.65. The van der Waals surface area contributed by atoms with Gasteiger partial charge in [-0.1, -0.05) is 13.3 Å². The number of carbonyl (C=O) groups excluding carboxylic acids is 1. The number of nitrogens with two attached hydrogens (primary N) is 1. The van der Waals surface area contributed by atoms with Gasteiger partial charge < -0.3 is 10.5 Å². The Morgan fingerprint density at radius 2 is 2.00 bits per heavy atom. The van der Waals surface area contributed by atoms with Crippen molar-refractivity contribution in [3.05, 3.63) is 29.8 Å². The van der Waals surface area contributed by atoms with E-state index in [2.05, 4.69) is 0 Å². The molecule has 0 amide bonds. The van der Waals surface area contributed by atoms with Crippen LogP contribution < -0.4 is 10.5 Å². The molecule has 1 rings (SSSR count). The van der Waals surface area contributed by atoms with Crippen molar-refractivity contribution in [3.8, 4) is 5.75 Å². The molecule has 82 valence electrons. The Balaban J connectivity index is 2.73. The lowest BCUT2D eigenvalue weighted by Gasteiger charge is -2.09. The monoisotopic (exact) mass is 207 g/mol. The van der Waals surface area contributed by atoms with Crippen molar-refractivity contribution >= 4 is 5.78 Å². The van der Waals surface area contributed by atoms with E-state index in [4.69, 9.17) is 10.5 Å². The van der Waals surface area contributed by atoms with Gasteiger partial charge in [0.15, 0.2) is 5.78 Å². The van der Waals surface area contributed by atoms with E-state index >= 15 is 0 Å². The Labute approximate surface area is 90.2 Å². The van der Waals surface area contributed by atoms with Crippen LogP contribution in [0.25, 0.3) is 0 Å². The van der Waals surface area contributed by atoms with Crippen LogP contribution in [0.1, 0.15) is 30.1 Å². The number of methoxy groups -OCH3 is 1. The second kappa shape index (κ2) is 5.51. The minimum atomic E-state index is -0.386. The molecule has 1 unspecified atom stereocenters. The topological polar surface area (TPSA) is 52.3 Å². The second-order valence-corrected chi connectivity index (χ2v) is 3.49. The van der Waals surface area contributed by atoms with E-state index in [1.807, 2.05) is 6.92 Å². The second-order valence-electron chi connectivity index (χ2n) is 3.49. The Hall–Kier alpha value is -1.35. The van der Waals surface area contributed by atoms with Crippen LogP contribution in [0.15, 0.2) is 24.3 Å². The first-order valence-corrected chi connectivity index (χ1v) is 5.13. The van der Waals surface area contributed by atoms with E-state index in [0.29, 0.717) is 5.56 Å². The third-order valence-corrected chi connectivity index (χ3v) is 2.31. The van der Waals surface area contributed by atoms with Gasteiger partial charge in [0.25, 0.3) is 0 Å². The maximum Gasteiger partial charge on any atom is 0.179 e. The van der Waals surface area contributed by atoms with Gasteiger partial charge in [0.1, 0.15) is 5.75 Å². The molecule has 1 aromatic carbocycles. The third kappa shape index (κ3) is 3.06. The van der Waals surface area contributed by atoms with Gasteiger partial charge in [0, 0.05) is 5.56 Å². The summed E-state index contributed by atoms with van der Waals surface area (Å²) in [6.45, 7) is 2.02. The molecule has 15 heavy (non-hydrogen) atoms. The lowest BCUT2D eigenvalue weighted by atomic mass is 10.0. The maximum absolute atomic E-state index is 11.8. The van der Waals surface area contributed by atoms with Gasteiger partial charge in [-0.15, -0.1) is 0 Å². The average molecular weight is 207 g/mol. The summed E-state index contributed by atoms with van der Waals surface area (Å²) >= 11 is 0. The summed E-state index contributed by atoms with van der Waals surface area (Å²) in [4.78, 5) is 11.8. The van der Waals surface area contributed by atoms with Gasteiger partial charge in [0.2, 0.25) is 0 Å². The Morgan fingerprint density at radius 3 is 2.47 bits per heavy atom. The summed E-state index contributed by atoms with van der Waals surface area (Å²) in [5, 5.41) is 0. The summed E-state index contributed by atoms with van der Waals surface area (Å²) in [7, 11) is 1.60. The Bertz CT molecular complexity index is 319. The van der Waals surface area contributed by atoms with Crippen LogP contribution in [0.4, 0.5) is 0 Å². The summed E-state index contributed by atoms with van der Waals surface area (Å²) in [5.41, 5.74) is 6.40. The van der Waals surface area contributed by atoms with E-state index < -0.39 is 0 Å². The molecule has 0 bridgehead atoms. The van der Waals surface area contributed by atoms with Crippen LogP contribution in [0.2, 0.25) is 0 Å². The summed E-state index contributed by atoms with van der Waals surface area (Å²) in [5.74, 6) is 0.745. The molecule has 1 atom stereocenters. The molecular weight excluding hydrogens is 190 g/mol. The summed E-state index contributed by atoms with van der Waals surface area (Å²) < 4.78 is 5.01. The smallest absolute Gasteiger partial charge is 0.179 e. The quantitative estimate of drug-likeness (QED) is 0.751. The van der Waals surface area contributed by atoms with Gasteiger partial charge in [-0.3, -0.25) is 4.79 Å². The molecule has 0 aliphatic heterocycles. The summed E-state index contributed by atoms with van der Waals surface area (Å²) in [6, 6.07) is 6.65. The van der Waals surface area contributed by atoms with Crippen molar-refractivity contribution in [2.75, 3.05) is 7.11 Å². The first-order chi connectivity index (χ1) is 7.19. The highest BCUT2D eigenvalue weighted by atomic mass is 16.5. The molecule has 3 nitrogen and oxygen atoms in total. The van der Waals surface area contributed by atoms with Gasteiger partial charge in [-0.05, 0) is 30.7 Å². The number of ketones is 1. The van der Waals surface area contributed by atoms with E-state index in [-0.39, 0.29) is 11.8 Å². The molecule has 3 heteroatoms. The number of Topliss-reactive ketones (excluding diaryl/α,β-unsaturated/α-hetero) is 1. The molecule has 1 aromatic rings. The molecule has 0 aliphatic carbocycles. The highest BCUT2D eigenvalue weighted by Crippen LogP contribution is 2.13. The minimum absolute atomic E-state index is 0.000460. The Kier molecular flexibility index (Phi) is 4.31. The van der Waals surface area contributed by atoms with Gasteiger partial charge in [0.05, 0.1) is 13.2 Å². The van der Waals surface area contributed by atoms with E-state index in [0.717, 1.165) is 18.6 Å². The lowest BCUT2D eigenvalue weighted by Crippen LogP contribution is -2.30. The van der Waals surface area contributed by atoms with Crippen LogP contribution in [0.5, 0.6) is 5.75 Å². The molecule has 0 radical (unpaired) electrons. The van der Waals surface area contributed by atoms with Crippen LogP contribution in [0.3, 0.4) is 0 Å². The van der Waals surface area contributed by atoms with E-state index in [9.17, 15) is 4.79 Å². The van der Waals surface area contributed by atoms with Crippen LogP contribution in [0, 0.1) is 0 Å². The van der Waals surface area contributed by atoms with Crippen molar-refractivity contribution in [1.29, 1.82) is 0 Å². The molecule has 0 saturated carbocycles. The maximum atomic E-state index is 11.8. The SMILES string of the molecule is CCCC(N)C(=O)c1ccc(OC)cc1. The first-order valence-electron chi connectivity index (χ1n) is 5.13. The number of benzene rings is 1. The fourth-order valence-corrected chi connectivity index (χ4v) is 1.41. The van der Waals surface area contributed by atoms with Crippen LogP contribution in [-0.2, 0) is 0 Å². The number of hydrogen-bond acceptors (Lipinski definition) is 3. The van der Waals surface area contributed by atoms with Gasteiger partial charge >= 0.3 is 0 Å². The van der Waals surface area contributed by atoms with Crippen LogP contribution >= 0.6 is 0 Å². The van der Waals surface area contributed by atoms with Crippen molar-refractivity contribution in [2.45, 2.75) is 25.8 Å². The molecular formula is C12H17NO2. The first kappa shape index (κ1) is 11.7. The van der Waals surface area contributed by atoms with Crippen molar-refractivity contribution < 1.29 is 9.53 Å². The molecule has 0 aromatic heterocycles. The van der Waals surface area contributed by atoms with Gasteiger partial charge in [-0.25, -0.2) is 0 Å². The number of rotatable bonds is 5. The average Bonchev–Trinajstić information content (AvgIpc) is 2.28. The zero-order valence-corrected chi connectivity index (χ0v) is 9.19. The van der Waals surface area contributed by atoms with Crippen molar-refractivity contribution in [2.24, 2.45) is 5.73 Å². The largest absolute Gasteiger partial charge is 0.497 e. The number of ether oxygens (including phenoxy) is 1. The zero-order valence-electron chi connectivity index (χ0n) is 9.19. The van der Waals surface area contributed by atoms with Gasteiger partial charge in [-0.2, -0.15) is 0 Å². The minimum Gasteiger partial charge on any atom is -0.497 e. The zero-order chi connectivity index (χ0) is 11.3. The molecule has 0 fully saturated rings. The van der Waals surface area contributed by atoms with Crippen molar-refractivity contribution in [3.63, 3.8) is 0 Å². The molecule has 0 heterocycles. The normalized spacial score (nSPS) is 12.2. The molecule has 0 aliphatic rings. The van der Waals surface area contributed by atoms with Crippen molar-refractivity contribution in [1.82, 2.24) is 0 Å². The van der Waals surface area contributed by atoms with E-state index in [1.165, 1.54) is 0 Å². The molecule has 0 spiro atoms. The fourth-order valence-electron chi connectivity index (χ4n) is 1.41. The number of hydrogen-bond donors (Lipinski definition) is 1. The highest BCUT2D eigenvalue weighted by molar-refractivity contribution is 6.00. The lowest BCUT2D eigenvalue weighted by molar-refractivity contribution is 0.0957. The standard InChI is InChI=1S/C12H17NO2/c1-3-4-11(13)12(14)9-5-7-10(15-2)8-6-9/h5-8,11H,3-4,13H2,1-2H3. The van der Waals surface area contributed by atoms with Crippen LogP contribution in [-0.4, -0.2) is 18.9 Å². The highest BCUT2D eigenvalue weighted by Gasteiger charge is 2.14. The Morgan fingerprint density at radius 1 is 1.40 bits per heavy atom. The van der Waals surface area contributed by atoms with E-state index in [1.54, 1.807) is 31.4 Å². The number of carbonyl (C=O) groups is 1. The third-order valence-electron chi connectivity index (χ3n) is 2.31. The fraction of sp³-hybridized carbons (Fsp3) is 0.417.